The zero-order valence-electron chi connectivity index (χ0n) is 19.7. The zero-order valence-corrected chi connectivity index (χ0v) is 21.4. The van der Waals surface area contributed by atoms with E-state index in [1.807, 2.05) is 10.3 Å². The van der Waals surface area contributed by atoms with Gasteiger partial charge in [0.1, 0.15) is 6.04 Å². The molecule has 3 heterocycles. The Labute approximate surface area is 211 Å². The van der Waals surface area contributed by atoms with Crippen molar-refractivity contribution in [1.29, 1.82) is 0 Å². The van der Waals surface area contributed by atoms with E-state index < -0.39 is 6.04 Å². The molecule has 1 aromatic rings. The van der Waals surface area contributed by atoms with Crippen molar-refractivity contribution in [3.63, 3.8) is 0 Å². The molecule has 2 saturated heterocycles. The van der Waals surface area contributed by atoms with Crippen molar-refractivity contribution < 1.29 is 14.3 Å². The van der Waals surface area contributed by atoms with Crippen LogP contribution in [0.25, 0.3) is 0 Å². The van der Waals surface area contributed by atoms with Crippen LogP contribution in [-0.2, 0) is 14.3 Å². The highest BCUT2D eigenvalue weighted by molar-refractivity contribution is 7.80. The van der Waals surface area contributed by atoms with Gasteiger partial charge in [-0.3, -0.25) is 14.5 Å². The smallest absolute Gasteiger partial charge is 0.248 e. The lowest BCUT2D eigenvalue weighted by Gasteiger charge is -2.40. The van der Waals surface area contributed by atoms with E-state index in [9.17, 15) is 9.59 Å². The highest BCUT2D eigenvalue weighted by Gasteiger charge is 2.36. The number of thiazole rings is 1. The van der Waals surface area contributed by atoms with Crippen molar-refractivity contribution >= 4 is 45.6 Å². The normalized spacial score (nSPS) is 21.4. The number of anilines is 1. The molecule has 0 spiro atoms. The summed E-state index contributed by atoms with van der Waals surface area (Å²) in [6.45, 7) is 6.40. The molecule has 9 nitrogen and oxygen atoms in total. The van der Waals surface area contributed by atoms with Gasteiger partial charge in [0.25, 0.3) is 0 Å². The van der Waals surface area contributed by atoms with Gasteiger partial charge < -0.3 is 25.2 Å². The maximum absolute atomic E-state index is 13.2. The van der Waals surface area contributed by atoms with Crippen LogP contribution in [0.4, 0.5) is 5.13 Å². The quantitative estimate of drug-likeness (QED) is 0.514. The Morgan fingerprint density at radius 2 is 2.00 bits per heavy atom. The third-order valence-corrected chi connectivity index (χ3v) is 8.07. The highest BCUT2D eigenvalue weighted by Crippen LogP contribution is 2.29. The van der Waals surface area contributed by atoms with Crippen LogP contribution in [0, 0.1) is 5.92 Å². The van der Waals surface area contributed by atoms with Gasteiger partial charge in [-0.25, -0.2) is 4.98 Å². The van der Waals surface area contributed by atoms with Gasteiger partial charge in [-0.2, -0.15) is 0 Å². The van der Waals surface area contributed by atoms with Crippen LogP contribution in [0.5, 0.6) is 0 Å². The van der Waals surface area contributed by atoms with E-state index in [1.54, 1.807) is 11.1 Å². The molecule has 2 aliphatic heterocycles. The SMILES string of the molecule is O=C(Nc1nccs1)C(CC1CCCCC1)N1CCN(C(=S)NCCN2CCOCC2)CC1=O. The average Bonchev–Trinajstić information content (AvgIpc) is 3.37. The number of rotatable bonds is 8. The van der Waals surface area contributed by atoms with Gasteiger partial charge in [-0.05, 0) is 24.6 Å². The second kappa shape index (κ2) is 12.8. The van der Waals surface area contributed by atoms with E-state index in [4.69, 9.17) is 17.0 Å². The van der Waals surface area contributed by atoms with Gasteiger partial charge in [0.2, 0.25) is 11.8 Å². The minimum Gasteiger partial charge on any atom is -0.379 e. The molecule has 3 aliphatic rings. The summed E-state index contributed by atoms with van der Waals surface area (Å²) in [6, 6.07) is -0.468. The lowest BCUT2D eigenvalue weighted by molar-refractivity contribution is -0.142. The summed E-state index contributed by atoms with van der Waals surface area (Å²) in [6.07, 6.45) is 8.33. The van der Waals surface area contributed by atoms with Crippen LogP contribution in [0.1, 0.15) is 38.5 Å². The fourth-order valence-electron chi connectivity index (χ4n) is 5.04. The maximum atomic E-state index is 13.2. The second-order valence-corrected chi connectivity index (χ2v) is 10.6. The number of nitrogens with one attached hydrogen (secondary N) is 2. The molecule has 1 saturated carbocycles. The largest absolute Gasteiger partial charge is 0.379 e. The minimum atomic E-state index is -0.468. The molecule has 188 valence electrons. The van der Waals surface area contributed by atoms with Crippen LogP contribution in [0.2, 0.25) is 0 Å². The Kier molecular flexibility index (Phi) is 9.49. The highest BCUT2D eigenvalue weighted by atomic mass is 32.1. The number of nitrogens with zero attached hydrogens (tertiary/aromatic N) is 4. The molecular weight excluding hydrogens is 472 g/mol. The summed E-state index contributed by atoms with van der Waals surface area (Å²) < 4.78 is 5.39. The molecule has 1 aliphatic carbocycles. The number of piperazine rings is 1. The first-order chi connectivity index (χ1) is 16.6. The summed E-state index contributed by atoms with van der Waals surface area (Å²) >= 11 is 6.97. The predicted octanol–water partition coefficient (Wildman–Crippen LogP) is 1.77. The second-order valence-electron chi connectivity index (χ2n) is 9.28. The van der Waals surface area contributed by atoms with Crippen LogP contribution < -0.4 is 10.6 Å². The third kappa shape index (κ3) is 7.10. The summed E-state index contributed by atoms with van der Waals surface area (Å²) in [5.74, 6) is 0.307. The fourth-order valence-corrected chi connectivity index (χ4v) is 5.82. The summed E-state index contributed by atoms with van der Waals surface area (Å²) in [5, 5.41) is 9.26. The molecule has 0 aromatic carbocycles. The molecule has 2 N–H and O–H groups in total. The first-order valence-electron chi connectivity index (χ1n) is 12.4. The first kappa shape index (κ1) is 25.3. The van der Waals surface area contributed by atoms with Crippen molar-refractivity contribution in [2.45, 2.75) is 44.6 Å². The van der Waals surface area contributed by atoms with E-state index in [1.165, 1.54) is 30.6 Å². The first-order valence-corrected chi connectivity index (χ1v) is 13.7. The monoisotopic (exact) mass is 508 g/mol. The Balaban J connectivity index is 1.31. The van der Waals surface area contributed by atoms with Crippen LogP contribution in [0.3, 0.4) is 0 Å². The summed E-state index contributed by atoms with van der Waals surface area (Å²) in [4.78, 5) is 36.7. The molecule has 1 unspecified atom stereocenters. The molecule has 2 amide bonds. The van der Waals surface area contributed by atoms with Gasteiger partial charge in [-0.1, -0.05) is 32.1 Å². The van der Waals surface area contributed by atoms with Crippen LogP contribution >= 0.6 is 23.6 Å². The van der Waals surface area contributed by atoms with Gasteiger partial charge >= 0.3 is 0 Å². The molecule has 4 rings (SSSR count). The van der Waals surface area contributed by atoms with Crippen LogP contribution in [0.15, 0.2) is 11.6 Å². The molecule has 0 bridgehead atoms. The number of morpholine rings is 1. The number of ether oxygens (including phenoxy) is 1. The lowest BCUT2D eigenvalue weighted by atomic mass is 9.84. The van der Waals surface area contributed by atoms with Crippen molar-refractivity contribution in [3.05, 3.63) is 11.6 Å². The lowest BCUT2D eigenvalue weighted by Crippen LogP contribution is -2.59. The molecule has 11 heteroatoms. The number of hydrogen-bond donors (Lipinski definition) is 2. The summed E-state index contributed by atoms with van der Waals surface area (Å²) in [5.41, 5.74) is 0. The zero-order chi connectivity index (χ0) is 23.8. The molecule has 0 radical (unpaired) electrons. The predicted molar refractivity (Wildman–Crippen MR) is 137 cm³/mol. The Morgan fingerprint density at radius 3 is 2.71 bits per heavy atom. The Bertz CT molecular complexity index is 812. The molecular formula is C23H36N6O3S2. The van der Waals surface area contributed by atoms with E-state index in [2.05, 4.69) is 20.5 Å². The van der Waals surface area contributed by atoms with E-state index >= 15 is 0 Å². The Hall–Kier alpha value is -1.82. The van der Waals surface area contributed by atoms with Gasteiger partial charge in [0.05, 0.1) is 19.8 Å². The van der Waals surface area contributed by atoms with Gasteiger partial charge in [-0.15, -0.1) is 11.3 Å². The molecule has 1 aromatic heterocycles. The molecule has 3 fully saturated rings. The topological polar surface area (TPSA) is 90.0 Å². The van der Waals surface area contributed by atoms with Gasteiger partial charge in [0, 0.05) is 50.8 Å². The van der Waals surface area contributed by atoms with E-state index in [-0.39, 0.29) is 18.4 Å². The minimum absolute atomic E-state index is 0.0429. The van der Waals surface area contributed by atoms with Gasteiger partial charge in [0.15, 0.2) is 10.2 Å². The number of carbonyl (C=O) groups excluding carboxylic acids is 2. The molecule has 34 heavy (non-hydrogen) atoms. The third-order valence-electron chi connectivity index (χ3n) is 6.98. The van der Waals surface area contributed by atoms with E-state index in [0.29, 0.717) is 35.7 Å². The maximum Gasteiger partial charge on any atom is 0.248 e. The van der Waals surface area contributed by atoms with Crippen molar-refractivity contribution in [1.82, 2.24) is 25.0 Å². The number of carbonyl (C=O) groups is 2. The van der Waals surface area contributed by atoms with Crippen molar-refractivity contribution in [2.75, 3.05) is 64.3 Å². The fraction of sp³-hybridized carbons (Fsp3) is 0.739. The number of hydrogen-bond acceptors (Lipinski definition) is 7. The van der Waals surface area contributed by atoms with Crippen molar-refractivity contribution in [2.24, 2.45) is 5.92 Å². The van der Waals surface area contributed by atoms with Crippen molar-refractivity contribution in [3.8, 4) is 0 Å². The average molecular weight is 509 g/mol. The number of aromatic nitrogens is 1. The summed E-state index contributed by atoms with van der Waals surface area (Å²) in [7, 11) is 0. The number of thiocarbonyl (C=S) groups is 1. The number of amides is 2. The molecule has 1 atom stereocenters. The standard InChI is InChI=1S/C23H36N6O3S2/c30-20-17-28(23(33)25-6-8-27-11-13-32-14-12-27)9-10-29(20)19(16-18-4-2-1-3-5-18)21(31)26-22-24-7-15-34-22/h7,15,18-19H,1-6,8-14,16-17H2,(H,25,33)(H,24,26,31). The van der Waals surface area contributed by atoms with E-state index in [0.717, 1.165) is 52.2 Å². The van der Waals surface area contributed by atoms with Crippen LogP contribution in [-0.4, -0.2) is 102 Å². The Morgan fingerprint density at radius 1 is 1.21 bits per heavy atom.